The van der Waals surface area contributed by atoms with Gasteiger partial charge in [0, 0.05) is 22.7 Å². The van der Waals surface area contributed by atoms with E-state index >= 15 is 0 Å². The van der Waals surface area contributed by atoms with Gasteiger partial charge in [-0.05, 0) is 49.2 Å². The van der Waals surface area contributed by atoms with Gasteiger partial charge in [0.15, 0.2) is 0 Å². The van der Waals surface area contributed by atoms with Gasteiger partial charge in [-0.2, -0.15) is 5.10 Å². The van der Waals surface area contributed by atoms with Gasteiger partial charge in [0.25, 0.3) is 0 Å². The molecule has 7 nitrogen and oxygen atoms in total. The fourth-order valence-corrected chi connectivity index (χ4v) is 2.85. The van der Waals surface area contributed by atoms with Crippen LogP contribution in [0.15, 0.2) is 59.5 Å². The minimum Gasteiger partial charge on any atom is -0.326 e. The third kappa shape index (κ3) is 3.87. The number of nitrogens with zero attached hydrogens (tertiary/aromatic N) is 2. The summed E-state index contributed by atoms with van der Waals surface area (Å²) in [5.41, 5.74) is 1.76. The number of carbonyl (C=O) groups is 2. The lowest BCUT2D eigenvalue weighted by Crippen LogP contribution is -2.22. The molecule has 0 saturated heterocycles. The van der Waals surface area contributed by atoms with E-state index in [4.69, 9.17) is 0 Å². The number of anilines is 2. The van der Waals surface area contributed by atoms with Crippen LogP contribution in [0.1, 0.15) is 12.8 Å². The van der Waals surface area contributed by atoms with Crippen molar-refractivity contribution in [2.75, 3.05) is 10.6 Å². The Bertz CT molecular complexity index is 1070. The summed E-state index contributed by atoms with van der Waals surface area (Å²) < 4.78 is 1.50. The van der Waals surface area contributed by atoms with Crippen LogP contribution in [0.3, 0.4) is 0 Å². The Kier molecular flexibility index (Phi) is 4.42. The van der Waals surface area contributed by atoms with Crippen LogP contribution < -0.4 is 16.1 Å². The number of hydrogen-bond acceptors (Lipinski definition) is 4. The summed E-state index contributed by atoms with van der Waals surface area (Å²) >= 11 is 0. The van der Waals surface area contributed by atoms with Gasteiger partial charge in [0.2, 0.25) is 17.2 Å². The SMILES string of the molecule is O=C(Cn1ncc(=O)c2ccccc21)Nc1ccc(NC(=O)C2CC2)cc1. The average Bonchev–Trinajstić information content (AvgIpc) is 3.51. The first-order chi connectivity index (χ1) is 13.1. The molecule has 0 radical (unpaired) electrons. The summed E-state index contributed by atoms with van der Waals surface area (Å²) in [5, 5.41) is 10.2. The molecule has 1 aliphatic rings. The van der Waals surface area contributed by atoms with Crippen molar-refractivity contribution in [2.24, 2.45) is 5.92 Å². The molecule has 0 bridgehead atoms. The predicted octanol–water partition coefficient (Wildman–Crippen LogP) is 2.38. The van der Waals surface area contributed by atoms with Crippen LogP contribution in [0.5, 0.6) is 0 Å². The molecule has 4 rings (SSSR count). The summed E-state index contributed by atoms with van der Waals surface area (Å²) in [6, 6.07) is 14.0. The maximum atomic E-state index is 12.4. The van der Waals surface area contributed by atoms with Gasteiger partial charge in [-0.1, -0.05) is 12.1 Å². The Morgan fingerprint density at radius 1 is 1.00 bits per heavy atom. The zero-order chi connectivity index (χ0) is 18.8. The number of para-hydroxylation sites is 1. The fourth-order valence-electron chi connectivity index (χ4n) is 2.85. The molecular formula is C20H18N4O3. The lowest BCUT2D eigenvalue weighted by atomic mass is 10.2. The first-order valence-corrected chi connectivity index (χ1v) is 8.76. The molecule has 3 aromatic rings. The predicted molar refractivity (Wildman–Crippen MR) is 102 cm³/mol. The zero-order valence-electron chi connectivity index (χ0n) is 14.5. The molecule has 2 N–H and O–H groups in total. The monoisotopic (exact) mass is 362 g/mol. The van der Waals surface area contributed by atoms with Crippen molar-refractivity contribution in [3.05, 3.63) is 65.0 Å². The van der Waals surface area contributed by atoms with Crippen LogP contribution in [0.2, 0.25) is 0 Å². The number of nitrogens with one attached hydrogen (secondary N) is 2. The molecule has 2 amide bonds. The van der Waals surface area contributed by atoms with E-state index in [1.807, 2.05) is 0 Å². The van der Waals surface area contributed by atoms with Crippen molar-refractivity contribution in [3.63, 3.8) is 0 Å². The van der Waals surface area contributed by atoms with Gasteiger partial charge in [-0.15, -0.1) is 0 Å². The molecule has 1 heterocycles. The van der Waals surface area contributed by atoms with Gasteiger partial charge in [-0.3, -0.25) is 19.1 Å². The number of amides is 2. The number of hydrogen-bond donors (Lipinski definition) is 2. The smallest absolute Gasteiger partial charge is 0.246 e. The summed E-state index contributed by atoms with van der Waals surface area (Å²) in [6.07, 6.45) is 3.12. The van der Waals surface area contributed by atoms with E-state index in [-0.39, 0.29) is 29.7 Å². The summed E-state index contributed by atoms with van der Waals surface area (Å²) in [7, 11) is 0. The molecule has 0 spiro atoms. The molecule has 1 aromatic heterocycles. The number of aromatic nitrogens is 2. The standard InChI is InChI=1S/C20H18N4O3/c25-18-11-21-24(17-4-2-1-3-16(17)18)12-19(26)22-14-7-9-15(10-8-14)23-20(27)13-5-6-13/h1-4,7-11,13H,5-6,12H2,(H,22,26)(H,23,27). The molecule has 0 unspecified atom stereocenters. The van der Waals surface area contributed by atoms with Crippen molar-refractivity contribution in [1.29, 1.82) is 0 Å². The molecule has 136 valence electrons. The third-order valence-electron chi connectivity index (χ3n) is 4.44. The van der Waals surface area contributed by atoms with Crippen molar-refractivity contribution < 1.29 is 9.59 Å². The molecule has 1 fully saturated rings. The Balaban J connectivity index is 1.43. The van der Waals surface area contributed by atoms with Gasteiger partial charge >= 0.3 is 0 Å². The molecule has 1 saturated carbocycles. The average molecular weight is 362 g/mol. The van der Waals surface area contributed by atoms with Crippen molar-refractivity contribution in [3.8, 4) is 0 Å². The Labute approximate surface area is 155 Å². The minimum atomic E-state index is -0.258. The van der Waals surface area contributed by atoms with E-state index in [0.29, 0.717) is 22.3 Å². The Hall–Kier alpha value is -3.48. The Morgan fingerprint density at radius 2 is 1.67 bits per heavy atom. The maximum absolute atomic E-state index is 12.4. The molecule has 1 aliphatic carbocycles. The second-order valence-corrected chi connectivity index (χ2v) is 6.57. The quantitative estimate of drug-likeness (QED) is 0.729. The van der Waals surface area contributed by atoms with E-state index < -0.39 is 0 Å². The van der Waals surface area contributed by atoms with Crippen LogP contribution in [-0.2, 0) is 16.1 Å². The highest BCUT2D eigenvalue weighted by Crippen LogP contribution is 2.30. The number of benzene rings is 2. The van der Waals surface area contributed by atoms with Crippen molar-refractivity contribution in [1.82, 2.24) is 9.78 Å². The van der Waals surface area contributed by atoms with Crippen molar-refractivity contribution >= 4 is 34.1 Å². The van der Waals surface area contributed by atoms with Crippen LogP contribution in [0.25, 0.3) is 10.9 Å². The molecule has 2 aromatic carbocycles. The van der Waals surface area contributed by atoms with Gasteiger partial charge in [-0.25, -0.2) is 0 Å². The van der Waals surface area contributed by atoms with Crippen LogP contribution in [0, 0.1) is 5.92 Å². The topological polar surface area (TPSA) is 93.1 Å². The van der Waals surface area contributed by atoms with E-state index in [1.165, 1.54) is 10.9 Å². The highest BCUT2D eigenvalue weighted by Gasteiger charge is 2.29. The molecular weight excluding hydrogens is 344 g/mol. The molecule has 27 heavy (non-hydrogen) atoms. The molecule has 7 heteroatoms. The maximum Gasteiger partial charge on any atom is 0.246 e. The third-order valence-corrected chi connectivity index (χ3v) is 4.44. The second-order valence-electron chi connectivity index (χ2n) is 6.57. The largest absolute Gasteiger partial charge is 0.326 e. The van der Waals surface area contributed by atoms with Crippen LogP contribution >= 0.6 is 0 Å². The summed E-state index contributed by atoms with van der Waals surface area (Å²) in [4.78, 5) is 36.0. The first kappa shape index (κ1) is 17.0. The number of carbonyl (C=O) groups excluding carboxylic acids is 2. The second kappa shape index (κ2) is 7.03. The van der Waals surface area contributed by atoms with Crippen molar-refractivity contribution in [2.45, 2.75) is 19.4 Å². The van der Waals surface area contributed by atoms with Crippen LogP contribution in [0.4, 0.5) is 11.4 Å². The summed E-state index contributed by atoms with van der Waals surface area (Å²) in [5.74, 6) is -0.0711. The molecule has 0 aliphatic heterocycles. The van der Waals surface area contributed by atoms with Gasteiger partial charge in [0.1, 0.15) is 6.54 Å². The van der Waals surface area contributed by atoms with E-state index in [9.17, 15) is 14.4 Å². The Morgan fingerprint density at radius 3 is 2.37 bits per heavy atom. The van der Waals surface area contributed by atoms with E-state index in [0.717, 1.165) is 12.8 Å². The van der Waals surface area contributed by atoms with Gasteiger partial charge < -0.3 is 10.6 Å². The summed E-state index contributed by atoms with van der Waals surface area (Å²) in [6.45, 7) is -0.0129. The lowest BCUT2D eigenvalue weighted by molar-refractivity contribution is -0.117. The molecule has 0 atom stereocenters. The zero-order valence-corrected chi connectivity index (χ0v) is 14.5. The lowest BCUT2D eigenvalue weighted by Gasteiger charge is -2.10. The fraction of sp³-hybridized carbons (Fsp3) is 0.200. The van der Waals surface area contributed by atoms with Crippen LogP contribution in [-0.4, -0.2) is 21.6 Å². The number of rotatable bonds is 5. The minimum absolute atomic E-state index is 0.0129. The van der Waals surface area contributed by atoms with E-state index in [1.54, 1.807) is 48.5 Å². The normalized spacial score (nSPS) is 13.3. The number of fused-ring (bicyclic) bond motifs is 1. The highest BCUT2D eigenvalue weighted by atomic mass is 16.2. The highest BCUT2D eigenvalue weighted by molar-refractivity contribution is 5.95. The first-order valence-electron chi connectivity index (χ1n) is 8.76. The van der Waals surface area contributed by atoms with E-state index in [2.05, 4.69) is 15.7 Å². The van der Waals surface area contributed by atoms with Gasteiger partial charge in [0.05, 0.1) is 11.7 Å².